The molecule has 1 saturated heterocycles. The number of nitrogens with one attached hydrogen (secondary N) is 1. The van der Waals surface area contributed by atoms with Gasteiger partial charge in [-0.15, -0.1) is 12.3 Å². The minimum absolute atomic E-state index is 0.256. The van der Waals surface area contributed by atoms with Crippen LogP contribution in [0.5, 0.6) is 0 Å². The van der Waals surface area contributed by atoms with Crippen LogP contribution in [-0.2, 0) is 4.79 Å². The number of piperidine rings is 1. The summed E-state index contributed by atoms with van der Waals surface area (Å²) in [5.74, 6) is 2.87. The molecule has 1 aliphatic rings. The molecule has 0 aromatic carbocycles. The molecule has 1 N–H and O–H groups in total. The van der Waals surface area contributed by atoms with Gasteiger partial charge in [0.25, 0.3) is 0 Å². The van der Waals surface area contributed by atoms with Gasteiger partial charge in [0, 0.05) is 32.5 Å². The van der Waals surface area contributed by atoms with Crippen LogP contribution in [0, 0.1) is 12.3 Å². The lowest BCUT2D eigenvalue weighted by atomic mass is 10.1. The van der Waals surface area contributed by atoms with Gasteiger partial charge in [-0.05, 0) is 19.4 Å². The minimum atomic E-state index is 0.256. The fourth-order valence-corrected chi connectivity index (χ4v) is 1.68. The molecule has 1 unspecified atom stereocenters. The van der Waals surface area contributed by atoms with E-state index in [2.05, 4.69) is 11.2 Å². The van der Waals surface area contributed by atoms with E-state index in [1.165, 1.54) is 0 Å². The third kappa shape index (κ3) is 3.39. The Bertz CT molecular complexity index is 232. The van der Waals surface area contributed by atoms with Crippen LogP contribution in [0.15, 0.2) is 0 Å². The Balaban J connectivity index is 2.14. The summed E-state index contributed by atoms with van der Waals surface area (Å²) in [4.78, 5) is 13.0. The number of rotatable bonds is 4. The highest BCUT2D eigenvalue weighted by Gasteiger charge is 2.21. The zero-order valence-corrected chi connectivity index (χ0v) is 8.75. The fourth-order valence-electron chi connectivity index (χ4n) is 1.68. The van der Waals surface area contributed by atoms with Crippen molar-refractivity contribution in [1.82, 2.24) is 10.2 Å². The van der Waals surface area contributed by atoms with E-state index in [4.69, 9.17) is 6.42 Å². The average Bonchev–Trinajstić information content (AvgIpc) is 2.18. The molecule has 0 aromatic rings. The summed E-state index contributed by atoms with van der Waals surface area (Å²) in [5, 5.41) is 3.42. The van der Waals surface area contributed by atoms with Crippen molar-refractivity contribution in [3.63, 3.8) is 0 Å². The molecule has 1 atom stereocenters. The topological polar surface area (TPSA) is 32.3 Å². The van der Waals surface area contributed by atoms with Gasteiger partial charge in [0.2, 0.25) is 5.91 Å². The quantitative estimate of drug-likeness (QED) is 0.525. The first-order valence-corrected chi connectivity index (χ1v) is 5.15. The van der Waals surface area contributed by atoms with Crippen molar-refractivity contribution in [2.24, 2.45) is 0 Å². The van der Waals surface area contributed by atoms with Gasteiger partial charge in [0.1, 0.15) is 0 Å². The van der Waals surface area contributed by atoms with Crippen LogP contribution >= 0.6 is 0 Å². The van der Waals surface area contributed by atoms with Gasteiger partial charge in [0.15, 0.2) is 0 Å². The largest absolute Gasteiger partial charge is 0.344 e. The predicted molar refractivity (Wildman–Crippen MR) is 56.7 cm³/mol. The number of carbonyl (C=O) groups excluding carboxylic acids is 1. The number of likely N-dealkylation sites (N-methyl/N-ethyl adjacent to an activating group) is 1. The molecule has 0 bridgehead atoms. The number of hydrogen-bond donors (Lipinski definition) is 1. The van der Waals surface area contributed by atoms with E-state index in [0.717, 1.165) is 32.4 Å². The molecule has 3 heteroatoms. The van der Waals surface area contributed by atoms with Gasteiger partial charge < -0.3 is 10.2 Å². The molecule has 1 heterocycles. The van der Waals surface area contributed by atoms with Crippen molar-refractivity contribution in [1.29, 1.82) is 0 Å². The Labute approximate surface area is 85.9 Å². The van der Waals surface area contributed by atoms with Crippen molar-refractivity contribution < 1.29 is 4.79 Å². The average molecular weight is 194 g/mol. The highest BCUT2D eigenvalue weighted by atomic mass is 16.2. The first kappa shape index (κ1) is 11.1. The Morgan fingerprint density at radius 3 is 3.14 bits per heavy atom. The van der Waals surface area contributed by atoms with Gasteiger partial charge in [0.05, 0.1) is 0 Å². The van der Waals surface area contributed by atoms with Crippen LogP contribution in [0.25, 0.3) is 0 Å². The summed E-state index contributed by atoms with van der Waals surface area (Å²) < 4.78 is 0. The number of hydrogen-bond acceptors (Lipinski definition) is 2. The van der Waals surface area contributed by atoms with Crippen LogP contribution in [-0.4, -0.2) is 37.0 Å². The van der Waals surface area contributed by atoms with Crippen LogP contribution in [0.3, 0.4) is 0 Å². The summed E-state index contributed by atoms with van der Waals surface area (Å²) in [5.41, 5.74) is 0. The van der Waals surface area contributed by atoms with Gasteiger partial charge in [-0.25, -0.2) is 0 Å². The second-order valence-corrected chi connectivity index (χ2v) is 3.77. The van der Waals surface area contributed by atoms with Gasteiger partial charge in [-0.3, -0.25) is 4.79 Å². The normalized spacial score (nSPS) is 22.1. The lowest BCUT2D eigenvalue weighted by molar-refractivity contribution is -0.132. The van der Waals surface area contributed by atoms with E-state index in [-0.39, 0.29) is 5.91 Å². The van der Waals surface area contributed by atoms with Crippen molar-refractivity contribution in [3.05, 3.63) is 0 Å². The number of unbranched alkanes of at least 4 members (excludes halogenated alkanes) is 1. The Hall–Kier alpha value is -1.01. The molecule has 0 radical (unpaired) electrons. The second kappa shape index (κ2) is 5.66. The zero-order valence-electron chi connectivity index (χ0n) is 8.75. The summed E-state index contributed by atoms with van der Waals surface area (Å²) in [6.07, 6.45) is 8.63. The van der Waals surface area contributed by atoms with Crippen molar-refractivity contribution in [2.75, 3.05) is 20.1 Å². The monoisotopic (exact) mass is 194 g/mol. The molecule has 1 fully saturated rings. The Morgan fingerprint density at radius 2 is 2.50 bits per heavy atom. The molecule has 0 spiro atoms. The molecule has 0 aliphatic carbocycles. The number of terminal acetylenes is 1. The maximum absolute atomic E-state index is 11.2. The summed E-state index contributed by atoms with van der Waals surface area (Å²) in [6, 6.07) is 0.454. The summed E-state index contributed by atoms with van der Waals surface area (Å²) >= 11 is 0. The molecule has 78 valence electrons. The maximum Gasteiger partial charge on any atom is 0.222 e. The number of likely N-dealkylation sites (tertiary alicyclic amines) is 1. The molecular weight excluding hydrogens is 176 g/mol. The second-order valence-electron chi connectivity index (χ2n) is 3.77. The molecule has 3 nitrogen and oxygen atoms in total. The zero-order chi connectivity index (χ0) is 10.4. The van der Waals surface area contributed by atoms with Gasteiger partial charge in [-0.1, -0.05) is 0 Å². The molecule has 1 amide bonds. The molecule has 0 saturated carbocycles. The lowest BCUT2D eigenvalue weighted by Gasteiger charge is -2.30. The molecular formula is C11H18N2O. The molecule has 1 rings (SSSR count). The first-order valence-electron chi connectivity index (χ1n) is 5.15. The summed E-state index contributed by atoms with van der Waals surface area (Å²) in [7, 11) is 1.86. The SMILES string of the molecule is C#CCCCNC1CCC(=O)N(C)C1. The number of nitrogens with zero attached hydrogens (tertiary/aromatic N) is 1. The van der Waals surface area contributed by atoms with Crippen LogP contribution in [0.1, 0.15) is 25.7 Å². The van der Waals surface area contributed by atoms with Crippen molar-refractivity contribution in [2.45, 2.75) is 31.7 Å². The smallest absolute Gasteiger partial charge is 0.222 e. The van der Waals surface area contributed by atoms with Crippen LogP contribution < -0.4 is 5.32 Å². The van der Waals surface area contributed by atoms with E-state index >= 15 is 0 Å². The highest BCUT2D eigenvalue weighted by molar-refractivity contribution is 5.76. The highest BCUT2D eigenvalue weighted by Crippen LogP contribution is 2.09. The Kier molecular flexibility index (Phi) is 4.48. The van der Waals surface area contributed by atoms with Crippen LogP contribution in [0.2, 0.25) is 0 Å². The van der Waals surface area contributed by atoms with Crippen molar-refractivity contribution >= 4 is 5.91 Å². The molecule has 14 heavy (non-hydrogen) atoms. The third-order valence-corrected chi connectivity index (χ3v) is 2.56. The summed E-state index contributed by atoms with van der Waals surface area (Å²) in [6.45, 7) is 1.78. The third-order valence-electron chi connectivity index (χ3n) is 2.56. The Morgan fingerprint density at radius 1 is 1.71 bits per heavy atom. The predicted octanol–water partition coefficient (Wildman–Crippen LogP) is 0.610. The van der Waals surface area contributed by atoms with Gasteiger partial charge >= 0.3 is 0 Å². The van der Waals surface area contributed by atoms with Gasteiger partial charge in [-0.2, -0.15) is 0 Å². The first-order chi connectivity index (χ1) is 6.74. The van der Waals surface area contributed by atoms with Crippen molar-refractivity contribution in [3.8, 4) is 12.3 Å². The number of amides is 1. The maximum atomic E-state index is 11.2. The van der Waals surface area contributed by atoms with E-state index in [1.807, 2.05) is 7.05 Å². The molecule has 1 aliphatic heterocycles. The number of carbonyl (C=O) groups is 1. The van der Waals surface area contributed by atoms with E-state index in [1.54, 1.807) is 4.90 Å². The standard InChI is InChI=1S/C11H18N2O/c1-3-4-5-8-12-10-6-7-11(14)13(2)9-10/h1,10,12H,4-9H2,2H3. The molecule has 0 aromatic heterocycles. The minimum Gasteiger partial charge on any atom is -0.344 e. The van der Waals surface area contributed by atoms with Crippen LogP contribution in [0.4, 0.5) is 0 Å². The van der Waals surface area contributed by atoms with E-state index in [0.29, 0.717) is 12.5 Å². The lowest BCUT2D eigenvalue weighted by Crippen LogP contribution is -2.46. The van der Waals surface area contributed by atoms with E-state index in [9.17, 15) is 4.79 Å². The van der Waals surface area contributed by atoms with E-state index < -0.39 is 0 Å². The fraction of sp³-hybridized carbons (Fsp3) is 0.727.